The van der Waals surface area contributed by atoms with E-state index in [2.05, 4.69) is 16.9 Å². The van der Waals surface area contributed by atoms with Crippen molar-refractivity contribution in [2.45, 2.75) is 11.8 Å². The molecule has 3 N–H and O–H groups in total. The third kappa shape index (κ3) is 2.43. The van der Waals surface area contributed by atoms with Crippen LogP contribution in [0.1, 0.15) is 5.56 Å². The molecule has 0 aliphatic rings. The topological polar surface area (TPSA) is 72.2 Å². The van der Waals surface area contributed by atoms with Crippen molar-refractivity contribution in [2.75, 3.05) is 0 Å². The van der Waals surface area contributed by atoms with Gasteiger partial charge in [-0.05, 0) is 30.8 Å². The predicted molar refractivity (Wildman–Crippen MR) is 58.3 cm³/mol. The van der Waals surface area contributed by atoms with E-state index in [1.165, 1.54) is 6.07 Å². The van der Waals surface area contributed by atoms with Crippen molar-refractivity contribution in [1.29, 1.82) is 0 Å². The van der Waals surface area contributed by atoms with Gasteiger partial charge in [-0.15, -0.1) is 0 Å². The Bertz CT molecular complexity index is 454. The van der Waals surface area contributed by atoms with E-state index >= 15 is 0 Å². The highest BCUT2D eigenvalue weighted by Crippen LogP contribution is 2.13. The molecular weight excluding hydrogens is 220 g/mol. The number of nitrogens with one attached hydrogen (secondary N) is 1. The lowest BCUT2D eigenvalue weighted by Gasteiger charge is -2.07. The maximum atomic E-state index is 11.6. The van der Waals surface area contributed by atoms with Crippen molar-refractivity contribution in [1.82, 2.24) is 4.72 Å². The highest BCUT2D eigenvalue weighted by Gasteiger charge is 2.15. The molecule has 0 aromatic heterocycles. The van der Waals surface area contributed by atoms with E-state index in [1.54, 1.807) is 25.1 Å². The van der Waals surface area contributed by atoms with E-state index in [4.69, 9.17) is 5.73 Å². The largest absolute Gasteiger partial charge is 0.376 e. The number of benzene rings is 1. The first-order valence-corrected chi connectivity index (χ1v) is 5.70. The molecule has 1 rings (SSSR count). The van der Waals surface area contributed by atoms with Gasteiger partial charge in [0.15, 0.2) is 5.11 Å². The van der Waals surface area contributed by atoms with Gasteiger partial charge >= 0.3 is 0 Å². The van der Waals surface area contributed by atoms with E-state index in [9.17, 15) is 8.42 Å². The summed E-state index contributed by atoms with van der Waals surface area (Å²) in [6, 6.07) is 6.60. The molecule has 0 fully saturated rings. The number of nitrogens with two attached hydrogens (primary N) is 1. The lowest BCUT2D eigenvalue weighted by Crippen LogP contribution is -2.35. The number of aryl methyl sites for hydroxylation is 1. The van der Waals surface area contributed by atoms with Crippen LogP contribution in [0.25, 0.3) is 0 Å². The van der Waals surface area contributed by atoms with Crippen molar-refractivity contribution in [3.05, 3.63) is 29.8 Å². The summed E-state index contributed by atoms with van der Waals surface area (Å²) in [6.45, 7) is 1.70. The second kappa shape index (κ2) is 3.93. The zero-order valence-corrected chi connectivity index (χ0v) is 9.15. The van der Waals surface area contributed by atoms with Crippen LogP contribution in [0.2, 0.25) is 0 Å². The first-order valence-electron chi connectivity index (χ1n) is 3.81. The van der Waals surface area contributed by atoms with Crippen LogP contribution < -0.4 is 10.5 Å². The van der Waals surface area contributed by atoms with Crippen molar-refractivity contribution in [3.63, 3.8) is 0 Å². The Hall–Kier alpha value is -1.14. The molecule has 0 saturated carbocycles. The van der Waals surface area contributed by atoms with Gasteiger partial charge in [0.05, 0.1) is 4.90 Å². The maximum Gasteiger partial charge on any atom is 0.263 e. The average molecular weight is 230 g/mol. The molecule has 0 unspecified atom stereocenters. The van der Waals surface area contributed by atoms with Crippen molar-refractivity contribution < 1.29 is 8.42 Å². The minimum Gasteiger partial charge on any atom is -0.376 e. The summed E-state index contributed by atoms with van der Waals surface area (Å²) in [4.78, 5) is 0.188. The van der Waals surface area contributed by atoms with E-state index in [-0.39, 0.29) is 10.0 Å². The zero-order valence-electron chi connectivity index (χ0n) is 7.52. The second-order valence-corrected chi connectivity index (χ2v) is 4.83. The highest BCUT2D eigenvalue weighted by molar-refractivity contribution is 7.91. The summed E-state index contributed by atoms with van der Waals surface area (Å²) < 4.78 is 25.2. The zero-order chi connectivity index (χ0) is 10.8. The summed E-state index contributed by atoms with van der Waals surface area (Å²) >= 11 is 4.47. The van der Waals surface area contributed by atoms with E-state index in [0.717, 1.165) is 0 Å². The minimum atomic E-state index is -3.61. The van der Waals surface area contributed by atoms with E-state index in [1.807, 2.05) is 0 Å². The molecule has 76 valence electrons. The first-order chi connectivity index (χ1) is 6.43. The average Bonchev–Trinajstić information content (AvgIpc) is 2.02. The molecule has 4 nitrogen and oxygen atoms in total. The molecule has 0 aliphatic carbocycles. The van der Waals surface area contributed by atoms with Gasteiger partial charge < -0.3 is 5.73 Å². The summed E-state index contributed by atoms with van der Waals surface area (Å²) in [5, 5.41) is -0.256. The Morgan fingerprint density at radius 2 is 2.00 bits per heavy atom. The first kappa shape index (κ1) is 10.9. The van der Waals surface area contributed by atoms with Crippen LogP contribution in [0, 0.1) is 6.92 Å². The maximum absolute atomic E-state index is 11.6. The fourth-order valence-corrected chi connectivity index (χ4v) is 2.50. The third-order valence-electron chi connectivity index (χ3n) is 1.62. The number of hydrogen-bond acceptors (Lipinski definition) is 3. The van der Waals surface area contributed by atoms with Crippen LogP contribution in [-0.4, -0.2) is 13.5 Å². The quantitative estimate of drug-likeness (QED) is 0.726. The molecule has 0 aliphatic heterocycles. The van der Waals surface area contributed by atoms with Gasteiger partial charge in [0.25, 0.3) is 10.0 Å². The Morgan fingerprint density at radius 1 is 1.43 bits per heavy atom. The number of thiocarbonyl (C=S) groups is 1. The Kier molecular flexibility index (Phi) is 3.07. The van der Waals surface area contributed by atoms with Crippen LogP contribution in [0.4, 0.5) is 0 Å². The van der Waals surface area contributed by atoms with Gasteiger partial charge in [0.2, 0.25) is 0 Å². The Morgan fingerprint density at radius 3 is 2.50 bits per heavy atom. The molecule has 0 amide bonds. The SMILES string of the molecule is Cc1ccccc1S(=O)(=O)NC(N)=S. The lowest BCUT2D eigenvalue weighted by atomic mass is 10.2. The van der Waals surface area contributed by atoms with Crippen LogP contribution in [0.5, 0.6) is 0 Å². The van der Waals surface area contributed by atoms with Crippen LogP contribution in [-0.2, 0) is 10.0 Å². The van der Waals surface area contributed by atoms with E-state index < -0.39 is 10.0 Å². The monoisotopic (exact) mass is 230 g/mol. The molecule has 14 heavy (non-hydrogen) atoms. The van der Waals surface area contributed by atoms with Gasteiger partial charge in [-0.25, -0.2) is 8.42 Å². The van der Waals surface area contributed by atoms with Crippen LogP contribution in [0.15, 0.2) is 29.2 Å². The second-order valence-electron chi connectivity index (χ2n) is 2.74. The molecule has 6 heteroatoms. The smallest absolute Gasteiger partial charge is 0.263 e. The molecule has 1 aromatic carbocycles. The van der Waals surface area contributed by atoms with Crippen LogP contribution in [0.3, 0.4) is 0 Å². The summed E-state index contributed by atoms with van der Waals surface area (Å²) in [7, 11) is -3.61. The normalized spacial score (nSPS) is 10.9. The standard InChI is InChI=1S/C8H10N2O2S2/c1-6-4-2-3-5-7(6)14(11,12)10-8(9)13/h2-5H,1H3,(H3,9,10,13). The number of rotatable bonds is 2. The minimum absolute atomic E-state index is 0.188. The molecule has 1 aromatic rings. The third-order valence-corrected chi connectivity index (χ3v) is 3.38. The van der Waals surface area contributed by atoms with Gasteiger partial charge in [0.1, 0.15) is 0 Å². The molecule has 0 bridgehead atoms. The van der Waals surface area contributed by atoms with Gasteiger partial charge in [-0.2, -0.15) is 0 Å². The molecule has 0 heterocycles. The van der Waals surface area contributed by atoms with Gasteiger partial charge in [-0.1, -0.05) is 18.2 Å². The van der Waals surface area contributed by atoms with Crippen molar-refractivity contribution >= 4 is 27.4 Å². The van der Waals surface area contributed by atoms with Crippen LogP contribution >= 0.6 is 12.2 Å². The fraction of sp³-hybridized carbons (Fsp3) is 0.125. The highest BCUT2D eigenvalue weighted by atomic mass is 32.2. The summed E-state index contributed by atoms with van der Waals surface area (Å²) in [5.41, 5.74) is 5.76. The summed E-state index contributed by atoms with van der Waals surface area (Å²) in [6.07, 6.45) is 0. The summed E-state index contributed by atoms with van der Waals surface area (Å²) in [5.74, 6) is 0. The lowest BCUT2D eigenvalue weighted by molar-refractivity contribution is 0.592. The molecule has 0 saturated heterocycles. The van der Waals surface area contributed by atoms with Crippen molar-refractivity contribution in [2.24, 2.45) is 5.73 Å². The fourth-order valence-electron chi connectivity index (χ4n) is 1.05. The molecule has 0 atom stereocenters. The predicted octanol–water partition coefficient (Wildman–Crippen LogP) is 0.517. The van der Waals surface area contributed by atoms with Crippen molar-refractivity contribution in [3.8, 4) is 0 Å². The molecule has 0 radical (unpaired) electrons. The van der Waals surface area contributed by atoms with E-state index in [0.29, 0.717) is 5.56 Å². The molecular formula is C8H10N2O2S2. The number of hydrogen-bond donors (Lipinski definition) is 2. The van der Waals surface area contributed by atoms with Gasteiger partial charge in [0, 0.05) is 0 Å². The number of sulfonamides is 1. The Balaban J connectivity index is 3.17. The van der Waals surface area contributed by atoms with Gasteiger partial charge in [-0.3, -0.25) is 4.72 Å². The Labute approximate surface area is 88.2 Å². The molecule has 0 spiro atoms.